The third kappa shape index (κ3) is 6.45. The summed E-state index contributed by atoms with van der Waals surface area (Å²) in [4.78, 5) is 16.5. The Bertz CT molecular complexity index is 802. The van der Waals surface area contributed by atoms with Crippen LogP contribution in [-0.4, -0.2) is 49.7 Å². The van der Waals surface area contributed by atoms with Crippen LogP contribution < -0.4 is 20.7 Å². The topological polar surface area (TPSA) is 75.3 Å². The Kier molecular flexibility index (Phi) is 10.1. The summed E-state index contributed by atoms with van der Waals surface area (Å²) in [6.45, 7) is 4.33. The maximum absolute atomic E-state index is 12.1. The molecule has 1 aromatic heterocycles. The Hall–Kier alpha value is -1.60. The maximum atomic E-state index is 12.1. The zero-order valence-electron chi connectivity index (χ0n) is 17.1. The standard InChI is InChI=1S/C22H30N4O2.2ClH/c27-21(8-2-6-19-18-12-16(14-26-19)13-23-15-18)24-10-11-28-20-7-1-4-17-5-3-9-25-22(17)20;;/h1,3-5,7,9,16,18-19,23,26H,2,6,8,10-15H2,(H,24,27);2*1H/t16-,18+,19-;;/m0../s1. The Morgan fingerprint density at radius 1 is 1.17 bits per heavy atom. The number of piperidine rings is 2. The average Bonchev–Trinajstić information content (AvgIpc) is 2.73. The summed E-state index contributed by atoms with van der Waals surface area (Å²) in [7, 11) is 0. The lowest BCUT2D eigenvalue weighted by molar-refractivity contribution is -0.121. The van der Waals surface area contributed by atoms with Crippen LogP contribution in [0.3, 0.4) is 0 Å². The van der Waals surface area contributed by atoms with Crippen LogP contribution in [0.5, 0.6) is 5.75 Å². The van der Waals surface area contributed by atoms with Crippen molar-refractivity contribution in [2.45, 2.75) is 31.7 Å². The first-order valence-electron chi connectivity index (χ1n) is 10.5. The van der Waals surface area contributed by atoms with Crippen molar-refractivity contribution in [2.75, 3.05) is 32.8 Å². The van der Waals surface area contributed by atoms with Crippen LogP contribution in [-0.2, 0) is 4.79 Å². The van der Waals surface area contributed by atoms with Crippen molar-refractivity contribution < 1.29 is 9.53 Å². The highest BCUT2D eigenvalue weighted by atomic mass is 35.5. The number of aromatic nitrogens is 1. The fraction of sp³-hybridized carbons (Fsp3) is 0.545. The molecule has 4 rings (SSSR count). The number of pyridine rings is 1. The third-order valence-corrected chi connectivity index (χ3v) is 5.91. The number of fused-ring (bicyclic) bond motifs is 3. The molecule has 166 valence electrons. The predicted octanol–water partition coefficient (Wildman–Crippen LogP) is 2.94. The number of hydrogen-bond acceptors (Lipinski definition) is 5. The molecule has 2 aromatic rings. The van der Waals surface area contributed by atoms with Gasteiger partial charge in [-0.3, -0.25) is 9.78 Å². The van der Waals surface area contributed by atoms with Crippen LogP contribution in [0.15, 0.2) is 36.5 Å². The van der Waals surface area contributed by atoms with Gasteiger partial charge in [0, 0.05) is 24.0 Å². The lowest BCUT2D eigenvalue weighted by Crippen LogP contribution is -2.54. The molecule has 2 aliphatic rings. The number of para-hydroxylation sites is 1. The van der Waals surface area contributed by atoms with Gasteiger partial charge in [-0.25, -0.2) is 0 Å². The number of ether oxygens (including phenoxy) is 1. The molecule has 3 N–H and O–H groups in total. The molecule has 1 amide bonds. The molecule has 0 saturated carbocycles. The van der Waals surface area contributed by atoms with Crippen molar-refractivity contribution in [3.8, 4) is 5.75 Å². The van der Waals surface area contributed by atoms with Gasteiger partial charge >= 0.3 is 0 Å². The van der Waals surface area contributed by atoms with Gasteiger partial charge in [-0.1, -0.05) is 18.2 Å². The number of nitrogens with one attached hydrogen (secondary N) is 3. The van der Waals surface area contributed by atoms with Gasteiger partial charge in [-0.15, -0.1) is 24.8 Å². The smallest absolute Gasteiger partial charge is 0.220 e. The molecule has 0 radical (unpaired) electrons. The lowest BCUT2D eigenvalue weighted by Gasteiger charge is -2.41. The van der Waals surface area contributed by atoms with Crippen molar-refractivity contribution in [3.05, 3.63) is 36.5 Å². The first-order chi connectivity index (χ1) is 13.8. The summed E-state index contributed by atoms with van der Waals surface area (Å²) >= 11 is 0. The van der Waals surface area contributed by atoms with Crippen LogP contribution >= 0.6 is 24.8 Å². The van der Waals surface area contributed by atoms with Crippen LogP contribution in [0.4, 0.5) is 0 Å². The highest BCUT2D eigenvalue weighted by Crippen LogP contribution is 2.26. The van der Waals surface area contributed by atoms with E-state index in [1.165, 1.54) is 6.42 Å². The van der Waals surface area contributed by atoms with E-state index >= 15 is 0 Å². The van der Waals surface area contributed by atoms with E-state index in [-0.39, 0.29) is 30.7 Å². The molecule has 2 aliphatic heterocycles. The normalized spacial score (nSPS) is 22.5. The Morgan fingerprint density at radius 3 is 2.93 bits per heavy atom. The number of benzene rings is 1. The minimum absolute atomic E-state index is 0. The largest absolute Gasteiger partial charge is 0.489 e. The quantitative estimate of drug-likeness (QED) is 0.534. The average molecular weight is 455 g/mol. The number of nitrogens with zero attached hydrogens (tertiary/aromatic N) is 1. The van der Waals surface area contributed by atoms with E-state index in [2.05, 4.69) is 20.9 Å². The van der Waals surface area contributed by atoms with Gasteiger partial charge in [0.1, 0.15) is 17.9 Å². The van der Waals surface area contributed by atoms with Gasteiger partial charge in [0.25, 0.3) is 0 Å². The van der Waals surface area contributed by atoms with E-state index < -0.39 is 0 Å². The van der Waals surface area contributed by atoms with Crippen LogP contribution in [0.1, 0.15) is 25.7 Å². The predicted molar refractivity (Wildman–Crippen MR) is 125 cm³/mol. The molecule has 3 heterocycles. The van der Waals surface area contributed by atoms with Gasteiger partial charge < -0.3 is 20.7 Å². The van der Waals surface area contributed by atoms with E-state index in [1.807, 2.05) is 30.3 Å². The van der Waals surface area contributed by atoms with Crippen molar-refractivity contribution >= 4 is 41.6 Å². The summed E-state index contributed by atoms with van der Waals surface area (Å²) in [6.07, 6.45) is 5.68. The number of halogens is 2. The van der Waals surface area contributed by atoms with Gasteiger partial charge in [0.05, 0.1) is 6.54 Å². The second kappa shape index (κ2) is 12.3. The number of hydrogen-bond donors (Lipinski definition) is 3. The Morgan fingerprint density at radius 2 is 2.03 bits per heavy atom. The number of rotatable bonds is 8. The van der Waals surface area contributed by atoms with Gasteiger partial charge in [0.2, 0.25) is 5.91 Å². The summed E-state index contributed by atoms with van der Waals surface area (Å²) in [6, 6.07) is 10.4. The summed E-state index contributed by atoms with van der Waals surface area (Å²) in [5, 5.41) is 11.2. The van der Waals surface area contributed by atoms with Crippen molar-refractivity contribution in [3.63, 3.8) is 0 Å². The van der Waals surface area contributed by atoms with Crippen LogP contribution in [0.2, 0.25) is 0 Å². The SMILES string of the molecule is Cl.Cl.O=C(CCC[C@@H]1NC[C@@H]2CNC[C@H]1C2)NCCOc1cccc2cccnc12. The van der Waals surface area contributed by atoms with Crippen molar-refractivity contribution in [2.24, 2.45) is 11.8 Å². The molecule has 2 saturated heterocycles. The molecular formula is C22H32Cl2N4O2. The molecule has 0 unspecified atom stereocenters. The Balaban J connectivity index is 0.00000160. The zero-order chi connectivity index (χ0) is 19.2. The Labute approximate surface area is 190 Å². The van der Waals surface area contributed by atoms with Gasteiger partial charge in [-0.05, 0) is 62.9 Å². The van der Waals surface area contributed by atoms with E-state index in [0.29, 0.717) is 25.6 Å². The first kappa shape index (κ1) is 24.7. The second-order valence-corrected chi connectivity index (χ2v) is 7.96. The van der Waals surface area contributed by atoms with Crippen molar-refractivity contribution in [1.82, 2.24) is 20.9 Å². The number of carbonyl (C=O) groups is 1. The fourth-order valence-corrected chi connectivity index (χ4v) is 4.47. The molecule has 3 atom stereocenters. The summed E-state index contributed by atoms with van der Waals surface area (Å²) in [5.41, 5.74) is 0.857. The number of amides is 1. The lowest BCUT2D eigenvalue weighted by atomic mass is 9.80. The van der Waals surface area contributed by atoms with E-state index in [1.54, 1.807) is 6.20 Å². The molecule has 1 aromatic carbocycles. The molecule has 6 nitrogen and oxygen atoms in total. The monoisotopic (exact) mass is 454 g/mol. The zero-order valence-corrected chi connectivity index (χ0v) is 18.8. The molecule has 8 heteroatoms. The van der Waals surface area contributed by atoms with Gasteiger partial charge in [-0.2, -0.15) is 0 Å². The van der Waals surface area contributed by atoms with Gasteiger partial charge in [0.15, 0.2) is 0 Å². The second-order valence-electron chi connectivity index (χ2n) is 7.96. The fourth-order valence-electron chi connectivity index (χ4n) is 4.47. The minimum Gasteiger partial charge on any atom is -0.489 e. The molecule has 30 heavy (non-hydrogen) atoms. The van der Waals surface area contributed by atoms with Crippen LogP contribution in [0, 0.1) is 11.8 Å². The van der Waals surface area contributed by atoms with E-state index in [9.17, 15) is 4.79 Å². The maximum Gasteiger partial charge on any atom is 0.220 e. The van der Waals surface area contributed by atoms with Crippen LogP contribution in [0.25, 0.3) is 10.9 Å². The molecule has 2 bridgehead atoms. The number of carbonyl (C=O) groups excluding carboxylic acids is 1. The summed E-state index contributed by atoms with van der Waals surface area (Å²) < 4.78 is 5.82. The van der Waals surface area contributed by atoms with Crippen molar-refractivity contribution in [1.29, 1.82) is 0 Å². The molecule has 2 fully saturated rings. The summed E-state index contributed by atoms with van der Waals surface area (Å²) in [5.74, 6) is 2.37. The highest BCUT2D eigenvalue weighted by molar-refractivity contribution is 5.86. The van der Waals surface area contributed by atoms with E-state index in [0.717, 1.165) is 61.0 Å². The van der Waals surface area contributed by atoms with E-state index in [4.69, 9.17) is 4.74 Å². The highest BCUT2D eigenvalue weighted by Gasteiger charge is 2.32. The first-order valence-corrected chi connectivity index (χ1v) is 10.5. The third-order valence-electron chi connectivity index (χ3n) is 5.91. The molecule has 0 spiro atoms. The minimum atomic E-state index is 0. The molecule has 0 aliphatic carbocycles. The molecular weight excluding hydrogens is 423 g/mol.